The van der Waals surface area contributed by atoms with E-state index in [2.05, 4.69) is 0 Å². The summed E-state index contributed by atoms with van der Waals surface area (Å²) < 4.78 is 10.9. The molecule has 0 saturated heterocycles. The van der Waals surface area contributed by atoms with Gasteiger partial charge in [0.15, 0.2) is 11.5 Å². The van der Waals surface area contributed by atoms with Crippen molar-refractivity contribution in [3.63, 3.8) is 0 Å². The van der Waals surface area contributed by atoms with Crippen LogP contribution < -0.4 is 14.4 Å². The Bertz CT molecular complexity index is 525. The fourth-order valence-electron chi connectivity index (χ4n) is 2.16. The lowest BCUT2D eigenvalue weighted by Crippen LogP contribution is -2.26. The molecule has 0 amide bonds. The van der Waals surface area contributed by atoms with Crippen LogP contribution in [0.3, 0.4) is 0 Å². The number of hydrogen-bond donors (Lipinski definition) is 1. The molecular formula is C13H14N2O3. The van der Waals surface area contributed by atoms with Gasteiger partial charge in [0.05, 0.1) is 24.7 Å². The van der Waals surface area contributed by atoms with Crippen LogP contribution in [0.4, 0.5) is 5.69 Å². The molecule has 0 unspecified atom stereocenters. The van der Waals surface area contributed by atoms with Crippen LogP contribution in [-0.4, -0.2) is 30.3 Å². The van der Waals surface area contributed by atoms with Gasteiger partial charge in [-0.25, -0.2) is 0 Å². The molecule has 0 aliphatic carbocycles. The molecule has 0 spiro atoms. The quantitative estimate of drug-likeness (QED) is 0.856. The maximum atomic E-state index is 9.40. The van der Waals surface area contributed by atoms with Gasteiger partial charge in [-0.3, -0.25) is 0 Å². The first-order valence-corrected chi connectivity index (χ1v) is 5.70. The topological polar surface area (TPSA) is 45.2 Å². The lowest BCUT2D eigenvalue weighted by molar-refractivity contribution is 0.328. The molecule has 1 N–H and O–H groups in total. The van der Waals surface area contributed by atoms with Crippen molar-refractivity contribution in [2.75, 3.05) is 25.2 Å². The van der Waals surface area contributed by atoms with Crippen molar-refractivity contribution in [2.24, 2.45) is 0 Å². The second-order valence-electron chi connectivity index (χ2n) is 4.22. The molecule has 0 atom stereocenters. The fourth-order valence-corrected chi connectivity index (χ4v) is 2.16. The SMILES string of the molecule is CN1C=C(CO)N(c2cccc3c2OC=CO3)C1. The van der Waals surface area contributed by atoms with Gasteiger partial charge in [0.25, 0.3) is 0 Å². The Hall–Kier alpha value is -2.14. The molecule has 94 valence electrons. The van der Waals surface area contributed by atoms with Gasteiger partial charge < -0.3 is 24.4 Å². The summed E-state index contributed by atoms with van der Waals surface area (Å²) in [6, 6.07) is 5.71. The van der Waals surface area contributed by atoms with Crippen LogP contribution in [0.15, 0.2) is 42.6 Å². The van der Waals surface area contributed by atoms with Crippen molar-refractivity contribution in [2.45, 2.75) is 0 Å². The fraction of sp³-hybridized carbons (Fsp3) is 0.231. The van der Waals surface area contributed by atoms with E-state index in [1.54, 1.807) is 0 Å². The third kappa shape index (κ3) is 1.69. The van der Waals surface area contributed by atoms with Gasteiger partial charge in [0.2, 0.25) is 0 Å². The van der Waals surface area contributed by atoms with E-state index in [0.717, 1.165) is 11.4 Å². The van der Waals surface area contributed by atoms with Gasteiger partial charge in [0.1, 0.15) is 12.5 Å². The predicted octanol–water partition coefficient (Wildman–Crippen LogP) is 1.47. The number of fused-ring (bicyclic) bond motifs is 1. The van der Waals surface area contributed by atoms with Gasteiger partial charge in [0, 0.05) is 13.2 Å². The Morgan fingerprint density at radius 2 is 2.11 bits per heavy atom. The van der Waals surface area contributed by atoms with Crippen molar-refractivity contribution < 1.29 is 14.6 Å². The van der Waals surface area contributed by atoms with Gasteiger partial charge in [-0.15, -0.1) is 0 Å². The summed E-state index contributed by atoms with van der Waals surface area (Å²) in [5.41, 5.74) is 1.73. The molecule has 0 bridgehead atoms. The highest BCUT2D eigenvalue weighted by molar-refractivity contribution is 5.68. The third-order valence-corrected chi connectivity index (χ3v) is 2.93. The van der Waals surface area contributed by atoms with Crippen molar-refractivity contribution in [3.05, 3.63) is 42.6 Å². The molecule has 1 aromatic carbocycles. The number of hydrogen-bond acceptors (Lipinski definition) is 5. The largest absolute Gasteiger partial charge is 0.458 e. The van der Waals surface area contributed by atoms with Gasteiger partial charge in [-0.1, -0.05) is 6.07 Å². The molecule has 0 radical (unpaired) electrons. The Balaban J connectivity index is 2.01. The van der Waals surface area contributed by atoms with E-state index in [-0.39, 0.29) is 6.61 Å². The average Bonchev–Trinajstić information content (AvgIpc) is 2.79. The third-order valence-electron chi connectivity index (χ3n) is 2.93. The summed E-state index contributed by atoms with van der Waals surface area (Å²) in [7, 11) is 1.96. The summed E-state index contributed by atoms with van der Waals surface area (Å²) in [5.74, 6) is 1.36. The van der Waals surface area contributed by atoms with Crippen LogP contribution in [0.1, 0.15) is 0 Å². The van der Waals surface area contributed by atoms with Crippen LogP contribution in [0.25, 0.3) is 0 Å². The summed E-state index contributed by atoms with van der Waals surface area (Å²) >= 11 is 0. The molecule has 0 fully saturated rings. The molecule has 2 heterocycles. The number of ether oxygens (including phenoxy) is 2. The Morgan fingerprint density at radius 3 is 2.94 bits per heavy atom. The van der Waals surface area contributed by atoms with Crippen LogP contribution >= 0.6 is 0 Å². The smallest absolute Gasteiger partial charge is 0.192 e. The second-order valence-corrected chi connectivity index (χ2v) is 4.22. The van der Waals surface area contributed by atoms with Crippen LogP contribution in [0.2, 0.25) is 0 Å². The highest BCUT2D eigenvalue weighted by Gasteiger charge is 2.25. The minimum Gasteiger partial charge on any atom is -0.458 e. The standard InChI is InChI=1S/C13H14N2O3/c1-14-7-10(8-16)15(9-14)11-3-2-4-12-13(11)18-6-5-17-12/h2-7,16H,8-9H2,1H3. The van der Waals surface area contributed by atoms with E-state index in [9.17, 15) is 5.11 Å². The molecule has 5 nitrogen and oxygen atoms in total. The summed E-state index contributed by atoms with van der Waals surface area (Å²) in [5, 5.41) is 9.40. The van der Waals surface area contributed by atoms with E-state index in [1.165, 1.54) is 12.5 Å². The normalized spacial score (nSPS) is 17.1. The van der Waals surface area contributed by atoms with E-state index in [1.807, 2.05) is 41.2 Å². The van der Waals surface area contributed by atoms with E-state index < -0.39 is 0 Å². The number of aliphatic hydroxyl groups is 1. The number of para-hydroxylation sites is 1. The van der Waals surface area contributed by atoms with E-state index in [0.29, 0.717) is 18.2 Å². The highest BCUT2D eigenvalue weighted by Crippen LogP contribution is 2.41. The molecular weight excluding hydrogens is 232 g/mol. The van der Waals surface area contributed by atoms with Gasteiger partial charge >= 0.3 is 0 Å². The van der Waals surface area contributed by atoms with Crippen molar-refractivity contribution in [1.29, 1.82) is 0 Å². The predicted molar refractivity (Wildman–Crippen MR) is 67.1 cm³/mol. The lowest BCUT2D eigenvalue weighted by atomic mass is 10.2. The summed E-state index contributed by atoms with van der Waals surface area (Å²) in [4.78, 5) is 4.01. The Kier molecular flexibility index (Phi) is 2.60. The molecule has 1 aromatic rings. The molecule has 2 aliphatic rings. The van der Waals surface area contributed by atoms with Crippen LogP contribution in [-0.2, 0) is 0 Å². The monoisotopic (exact) mass is 246 g/mol. The molecule has 0 saturated carbocycles. The molecule has 3 rings (SSSR count). The summed E-state index contributed by atoms with van der Waals surface area (Å²) in [6.45, 7) is 0.671. The van der Waals surface area contributed by atoms with Crippen molar-refractivity contribution >= 4 is 5.69 Å². The van der Waals surface area contributed by atoms with Gasteiger partial charge in [-0.2, -0.15) is 0 Å². The Labute approximate surface area is 105 Å². The molecule has 5 heteroatoms. The first-order valence-electron chi connectivity index (χ1n) is 5.70. The van der Waals surface area contributed by atoms with Crippen molar-refractivity contribution in [3.8, 4) is 11.5 Å². The van der Waals surface area contributed by atoms with Crippen LogP contribution in [0.5, 0.6) is 11.5 Å². The second kappa shape index (κ2) is 4.27. The zero-order valence-electron chi connectivity index (χ0n) is 10.0. The number of rotatable bonds is 2. The zero-order valence-corrected chi connectivity index (χ0v) is 10.0. The summed E-state index contributed by atoms with van der Waals surface area (Å²) in [6.07, 6.45) is 4.93. The number of nitrogens with zero attached hydrogens (tertiary/aromatic N) is 2. The molecule has 2 aliphatic heterocycles. The van der Waals surface area contributed by atoms with Crippen molar-refractivity contribution in [1.82, 2.24) is 4.90 Å². The zero-order chi connectivity index (χ0) is 12.5. The highest BCUT2D eigenvalue weighted by atomic mass is 16.5. The lowest BCUT2D eigenvalue weighted by Gasteiger charge is -2.25. The number of aliphatic hydroxyl groups excluding tert-OH is 1. The number of anilines is 1. The maximum absolute atomic E-state index is 9.40. The minimum atomic E-state index is -0.00922. The average molecular weight is 246 g/mol. The van der Waals surface area contributed by atoms with E-state index in [4.69, 9.17) is 9.47 Å². The molecule has 0 aromatic heterocycles. The minimum absolute atomic E-state index is 0.00922. The maximum Gasteiger partial charge on any atom is 0.192 e. The first-order chi connectivity index (χ1) is 8.79. The van der Waals surface area contributed by atoms with E-state index >= 15 is 0 Å². The Morgan fingerprint density at radius 1 is 1.28 bits per heavy atom. The van der Waals surface area contributed by atoms with Gasteiger partial charge in [-0.05, 0) is 12.1 Å². The van der Waals surface area contributed by atoms with Crippen LogP contribution in [0, 0.1) is 0 Å². The molecule has 18 heavy (non-hydrogen) atoms. The first kappa shape index (κ1) is 11.0. The number of benzene rings is 1.